The Kier molecular flexibility index (Phi) is 4.83. The summed E-state index contributed by atoms with van der Waals surface area (Å²) in [6.45, 7) is 0. The molecule has 0 radical (unpaired) electrons. The molecule has 1 amide bonds. The minimum absolute atomic E-state index is 0.0835. The number of benzene rings is 1. The van der Waals surface area contributed by atoms with Gasteiger partial charge in [-0.2, -0.15) is 0 Å². The summed E-state index contributed by atoms with van der Waals surface area (Å²) in [5, 5.41) is 11.8. The van der Waals surface area contributed by atoms with Gasteiger partial charge in [-0.05, 0) is 60.1 Å². The molecule has 0 unspecified atom stereocenters. The zero-order valence-corrected chi connectivity index (χ0v) is 13.8. The second-order valence-electron chi connectivity index (χ2n) is 4.66. The van der Waals surface area contributed by atoms with Crippen molar-refractivity contribution in [1.82, 2.24) is 0 Å². The molecule has 1 aliphatic rings. The average molecular weight is 438 g/mol. The second kappa shape index (κ2) is 6.21. The van der Waals surface area contributed by atoms with Gasteiger partial charge in [0, 0.05) is 14.0 Å². The Morgan fingerprint density at radius 2 is 2.00 bits per heavy atom. The zero-order chi connectivity index (χ0) is 14.0. The number of aliphatic carboxylic acids is 1. The van der Waals surface area contributed by atoms with Crippen LogP contribution < -0.4 is 5.32 Å². The van der Waals surface area contributed by atoms with Crippen molar-refractivity contribution in [3.63, 3.8) is 0 Å². The van der Waals surface area contributed by atoms with Crippen LogP contribution in [0.25, 0.3) is 0 Å². The van der Waals surface area contributed by atoms with Crippen molar-refractivity contribution >= 4 is 56.1 Å². The predicted molar refractivity (Wildman–Crippen MR) is 84.0 cm³/mol. The van der Waals surface area contributed by atoms with E-state index in [1.807, 2.05) is 18.2 Å². The molecule has 0 aliphatic heterocycles. The van der Waals surface area contributed by atoms with Crippen LogP contribution in [0.15, 0.2) is 22.7 Å². The smallest absolute Gasteiger partial charge is 0.306 e. The lowest BCUT2D eigenvalue weighted by atomic mass is 10.0. The van der Waals surface area contributed by atoms with Crippen molar-refractivity contribution in [3.8, 4) is 0 Å². The summed E-state index contributed by atoms with van der Waals surface area (Å²) in [4.78, 5) is 23.0. The number of anilines is 1. The van der Waals surface area contributed by atoms with E-state index in [1.54, 1.807) is 0 Å². The SMILES string of the molecule is O=C(O)[C@H]1CC[C@@H](C(=O)Nc2cc(Br)ccc2I)C1. The van der Waals surface area contributed by atoms with Crippen LogP contribution in [0.5, 0.6) is 0 Å². The van der Waals surface area contributed by atoms with E-state index in [0.717, 1.165) is 13.7 Å². The first-order valence-corrected chi connectivity index (χ1v) is 7.83. The van der Waals surface area contributed by atoms with Crippen molar-refractivity contribution in [2.24, 2.45) is 11.8 Å². The minimum Gasteiger partial charge on any atom is -0.481 e. The number of carboxylic acids is 1. The normalized spacial score (nSPS) is 22.2. The Morgan fingerprint density at radius 1 is 1.32 bits per heavy atom. The molecule has 102 valence electrons. The number of amides is 1. The average Bonchev–Trinajstić information content (AvgIpc) is 2.83. The first kappa shape index (κ1) is 14.8. The van der Waals surface area contributed by atoms with Crippen LogP contribution in [0.4, 0.5) is 5.69 Å². The summed E-state index contributed by atoms with van der Waals surface area (Å²) < 4.78 is 1.86. The van der Waals surface area contributed by atoms with Crippen LogP contribution in [-0.4, -0.2) is 17.0 Å². The first-order chi connectivity index (χ1) is 8.97. The molecule has 0 spiro atoms. The van der Waals surface area contributed by atoms with Crippen LogP contribution in [0.2, 0.25) is 0 Å². The van der Waals surface area contributed by atoms with Gasteiger partial charge in [-0.3, -0.25) is 9.59 Å². The molecular formula is C13H13BrINO3. The van der Waals surface area contributed by atoms with Crippen molar-refractivity contribution in [2.75, 3.05) is 5.32 Å². The number of nitrogens with one attached hydrogen (secondary N) is 1. The van der Waals surface area contributed by atoms with Crippen LogP contribution in [0, 0.1) is 15.4 Å². The number of carboxylic acid groups (broad SMARTS) is 1. The lowest BCUT2D eigenvalue weighted by molar-refractivity contribution is -0.141. The lowest BCUT2D eigenvalue weighted by Gasteiger charge is -2.12. The highest BCUT2D eigenvalue weighted by Crippen LogP contribution is 2.32. The molecule has 1 aromatic rings. The van der Waals surface area contributed by atoms with Gasteiger partial charge >= 0.3 is 5.97 Å². The Hall–Kier alpha value is -0.630. The number of hydrogen-bond donors (Lipinski definition) is 2. The molecule has 0 bridgehead atoms. The number of halogens is 2. The maximum absolute atomic E-state index is 12.1. The van der Waals surface area contributed by atoms with E-state index in [1.165, 1.54) is 0 Å². The summed E-state index contributed by atoms with van der Waals surface area (Å²) in [5.41, 5.74) is 0.763. The van der Waals surface area contributed by atoms with E-state index in [9.17, 15) is 9.59 Å². The van der Waals surface area contributed by atoms with Crippen molar-refractivity contribution in [2.45, 2.75) is 19.3 Å². The molecule has 1 aliphatic carbocycles. The monoisotopic (exact) mass is 437 g/mol. The summed E-state index contributed by atoms with van der Waals surface area (Å²) in [5.74, 6) is -1.46. The highest BCUT2D eigenvalue weighted by molar-refractivity contribution is 14.1. The maximum Gasteiger partial charge on any atom is 0.306 e. The van der Waals surface area contributed by atoms with Gasteiger partial charge in [-0.15, -0.1) is 0 Å². The minimum atomic E-state index is -0.799. The van der Waals surface area contributed by atoms with Gasteiger partial charge < -0.3 is 10.4 Å². The first-order valence-electron chi connectivity index (χ1n) is 5.96. The fourth-order valence-corrected chi connectivity index (χ4v) is 3.10. The van der Waals surface area contributed by atoms with Crippen LogP contribution in [0.3, 0.4) is 0 Å². The van der Waals surface area contributed by atoms with E-state index in [4.69, 9.17) is 5.11 Å². The van der Waals surface area contributed by atoms with Crippen molar-refractivity contribution in [1.29, 1.82) is 0 Å². The molecule has 2 rings (SSSR count). The van der Waals surface area contributed by atoms with E-state index >= 15 is 0 Å². The topological polar surface area (TPSA) is 66.4 Å². The van der Waals surface area contributed by atoms with E-state index in [0.29, 0.717) is 19.3 Å². The van der Waals surface area contributed by atoms with E-state index < -0.39 is 5.97 Å². The summed E-state index contributed by atoms with van der Waals surface area (Å²) in [6.07, 6.45) is 1.67. The van der Waals surface area contributed by atoms with E-state index in [2.05, 4.69) is 43.8 Å². The van der Waals surface area contributed by atoms with Gasteiger partial charge in [0.15, 0.2) is 0 Å². The Bertz CT molecular complexity index is 521. The third-order valence-corrected chi connectivity index (χ3v) is 4.77. The molecule has 0 heterocycles. The van der Waals surface area contributed by atoms with Gasteiger partial charge in [-0.25, -0.2) is 0 Å². The van der Waals surface area contributed by atoms with Gasteiger partial charge in [0.2, 0.25) is 5.91 Å². The highest BCUT2D eigenvalue weighted by atomic mass is 127. The molecular weight excluding hydrogens is 425 g/mol. The standard InChI is InChI=1S/C13H13BrINO3/c14-9-3-4-10(15)11(6-9)16-12(17)7-1-2-8(5-7)13(18)19/h3-4,6-8H,1-2,5H2,(H,16,17)(H,18,19)/t7-,8+/m1/s1. The molecule has 2 N–H and O–H groups in total. The molecule has 6 heteroatoms. The zero-order valence-electron chi connectivity index (χ0n) is 10.0. The molecule has 2 atom stereocenters. The van der Waals surface area contributed by atoms with Crippen LogP contribution in [0.1, 0.15) is 19.3 Å². The van der Waals surface area contributed by atoms with Gasteiger partial charge in [0.05, 0.1) is 11.6 Å². The quantitative estimate of drug-likeness (QED) is 0.711. The molecule has 0 aromatic heterocycles. The second-order valence-corrected chi connectivity index (χ2v) is 6.74. The van der Waals surface area contributed by atoms with E-state index in [-0.39, 0.29) is 17.7 Å². The number of carbonyl (C=O) groups excluding carboxylic acids is 1. The maximum atomic E-state index is 12.1. The predicted octanol–water partition coefficient (Wildman–Crippen LogP) is 3.49. The van der Waals surface area contributed by atoms with Crippen LogP contribution >= 0.6 is 38.5 Å². The Balaban J connectivity index is 2.02. The van der Waals surface area contributed by atoms with Gasteiger partial charge in [0.25, 0.3) is 0 Å². The van der Waals surface area contributed by atoms with Crippen molar-refractivity contribution in [3.05, 3.63) is 26.2 Å². The number of hydrogen-bond acceptors (Lipinski definition) is 2. The molecule has 0 saturated heterocycles. The summed E-state index contributed by atoms with van der Waals surface area (Å²) in [6, 6.07) is 5.67. The van der Waals surface area contributed by atoms with Gasteiger partial charge in [0.1, 0.15) is 0 Å². The number of rotatable bonds is 3. The third-order valence-electron chi connectivity index (χ3n) is 3.34. The van der Waals surface area contributed by atoms with Gasteiger partial charge in [-0.1, -0.05) is 15.9 Å². The third kappa shape index (κ3) is 3.68. The number of carbonyl (C=O) groups is 2. The summed E-state index contributed by atoms with van der Waals surface area (Å²) in [7, 11) is 0. The summed E-state index contributed by atoms with van der Waals surface area (Å²) >= 11 is 5.52. The Morgan fingerprint density at radius 3 is 2.63 bits per heavy atom. The highest BCUT2D eigenvalue weighted by Gasteiger charge is 2.33. The van der Waals surface area contributed by atoms with Crippen LogP contribution in [-0.2, 0) is 9.59 Å². The largest absolute Gasteiger partial charge is 0.481 e. The van der Waals surface area contributed by atoms with Crippen molar-refractivity contribution < 1.29 is 14.7 Å². The molecule has 1 saturated carbocycles. The lowest BCUT2D eigenvalue weighted by Crippen LogP contribution is -2.22. The molecule has 1 fully saturated rings. The molecule has 19 heavy (non-hydrogen) atoms. The Labute approximate surface area is 133 Å². The fourth-order valence-electron chi connectivity index (χ4n) is 2.27. The molecule has 4 nitrogen and oxygen atoms in total. The molecule has 1 aromatic carbocycles. The fraction of sp³-hybridized carbons (Fsp3) is 0.385.